The van der Waals surface area contributed by atoms with Crippen molar-refractivity contribution in [2.45, 2.75) is 25.9 Å². The van der Waals surface area contributed by atoms with Crippen LogP contribution in [0.3, 0.4) is 0 Å². The van der Waals surface area contributed by atoms with Gasteiger partial charge in [0, 0.05) is 26.1 Å². The number of hydrogen-bond acceptors (Lipinski definition) is 3. The Bertz CT molecular complexity index is 987. The average molecular weight is 377 g/mol. The van der Waals surface area contributed by atoms with E-state index in [1.807, 2.05) is 42.5 Å². The fourth-order valence-electron chi connectivity index (χ4n) is 3.00. The zero-order valence-electron chi connectivity index (χ0n) is 16.9. The Kier molecular flexibility index (Phi) is 5.71. The highest BCUT2D eigenvalue weighted by Crippen LogP contribution is 2.28. The van der Waals surface area contributed by atoms with E-state index in [0.717, 1.165) is 27.6 Å². The van der Waals surface area contributed by atoms with Gasteiger partial charge in [0.1, 0.15) is 5.75 Å². The molecule has 3 aromatic carbocycles. The smallest absolute Gasteiger partial charge is 0.253 e. The van der Waals surface area contributed by atoms with Crippen LogP contribution in [0.25, 0.3) is 21.9 Å². The van der Waals surface area contributed by atoms with Crippen molar-refractivity contribution in [3.05, 3.63) is 66.2 Å². The number of ether oxygens (including phenoxy) is 1. The molecule has 0 saturated carbocycles. The third kappa shape index (κ3) is 4.90. The highest BCUT2D eigenvalue weighted by molar-refractivity contribution is 5.95. The molecule has 0 aromatic heterocycles. The summed E-state index contributed by atoms with van der Waals surface area (Å²) < 4.78 is 5.77. The molecule has 0 spiro atoms. The van der Waals surface area contributed by atoms with Gasteiger partial charge in [0.25, 0.3) is 5.91 Å². The van der Waals surface area contributed by atoms with Crippen LogP contribution in [0.15, 0.2) is 60.7 Å². The lowest BCUT2D eigenvalue weighted by atomic mass is 9.99. The number of hydrogen-bond donors (Lipinski definition) is 1. The monoisotopic (exact) mass is 377 g/mol. The Morgan fingerprint density at radius 3 is 2.36 bits per heavy atom. The second-order valence-electron chi connectivity index (χ2n) is 7.92. The van der Waals surface area contributed by atoms with Crippen molar-refractivity contribution in [1.82, 2.24) is 4.90 Å². The number of carbonyl (C=O) groups is 1. The van der Waals surface area contributed by atoms with Gasteiger partial charge in [-0.05, 0) is 66.1 Å². The first-order valence-corrected chi connectivity index (χ1v) is 9.44. The van der Waals surface area contributed by atoms with Crippen LogP contribution in [0, 0.1) is 0 Å². The number of rotatable bonds is 6. The highest BCUT2D eigenvalue weighted by atomic mass is 16.5. The molecule has 0 aliphatic carbocycles. The van der Waals surface area contributed by atoms with Crippen molar-refractivity contribution in [2.24, 2.45) is 0 Å². The molecule has 28 heavy (non-hydrogen) atoms. The number of fused-ring (bicyclic) bond motifs is 1. The fourth-order valence-corrected chi connectivity index (χ4v) is 3.00. The first kappa shape index (κ1) is 19.9. The third-order valence-corrected chi connectivity index (χ3v) is 4.64. The number of benzene rings is 3. The lowest BCUT2D eigenvalue weighted by Gasteiger charge is -2.17. The van der Waals surface area contributed by atoms with E-state index < -0.39 is 5.60 Å². The molecule has 0 aliphatic heterocycles. The minimum Gasteiger partial charge on any atom is -0.493 e. The summed E-state index contributed by atoms with van der Waals surface area (Å²) in [5.41, 5.74) is 2.03. The first-order valence-electron chi connectivity index (χ1n) is 9.44. The summed E-state index contributed by atoms with van der Waals surface area (Å²) in [5, 5.41) is 12.0. The van der Waals surface area contributed by atoms with Gasteiger partial charge in [-0.2, -0.15) is 0 Å². The van der Waals surface area contributed by atoms with E-state index in [9.17, 15) is 9.90 Å². The minimum atomic E-state index is -0.728. The largest absolute Gasteiger partial charge is 0.493 e. The van der Waals surface area contributed by atoms with Crippen molar-refractivity contribution in [3.63, 3.8) is 0 Å². The van der Waals surface area contributed by atoms with Crippen LogP contribution in [-0.2, 0) is 0 Å². The van der Waals surface area contributed by atoms with Gasteiger partial charge in [-0.15, -0.1) is 0 Å². The van der Waals surface area contributed by atoms with Crippen LogP contribution in [0.5, 0.6) is 5.75 Å². The van der Waals surface area contributed by atoms with E-state index in [1.165, 1.54) is 0 Å². The van der Waals surface area contributed by atoms with Crippen molar-refractivity contribution in [1.29, 1.82) is 0 Å². The summed E-state index contributed by atoms with van der Waals surface area (Å²) in [6.45, 7) is 4.03. The molecule has 0 aliphatic rings. The molecule has 146 valence electrons. The molecule has 3 aromatic rings. The van der Waals surface area contributed by atoms with Gasteiger partial charge in [0.2, 0.25) is 0 Å². The summed E-state index contributed by atoms with van der Waals surface area (Å²) in [4.78, 5) is 13.8. The van der Waals surface area contributed by atoms with Crippen molar-refractivity contribution >= 4 is 16.7 Å². The van der Waals surface area contributed by atoms with E-state index >= 15 is 0 Å². The molecule has 0 heterocycles. The maximum atomic E-state index is 12.2. The predicted octanol–water partition coefficient (Wildman–Crippen LogP) is 4.75. The molecule has 0 saturated heterocycles. The molecule has 4 nitrogen and oxygen atoms in total. The molecule has 0 bridgehead atoms. The molecule has 0 radical (unpaired) electrons. The zero-order valence-corrected chi connectivity index (χ0v) is 16.9. The van der Waals surface area contributed by atoms with Crippen LogP contribution >= 0.6 is 0 Å². The Morgan fingerprint density at radius 2 is 1.64 bits per heavy atom. The second kappa shape index (κ2) is 8.03. The molecule has 1 amide bonds. The van der Waals surface area contributed by atoms with Gasteiger partial charge >= 0.3 is 0 Å². The minimum absolute atomic E-state index is 0.00418. The first-order chi connectivity index (χ1) is 13.2. The van der Waals surface area contributed by atoms with Crippen LogP contribution in [0.4, 0.5) is 0 Å². The molecule has 4 heteroatoms. The van der Waals surface area contributed by atoms with Crippen molar-refractivity contribution in [3.8, 4) is 16.9 Å². The van der Waals surface area contributed by atoms with E-state index in [0.29, 0.717) is 18.6 Å². The Morgan fingerprint density at radius 1 is 0.964 bits per heavy atom. The van der Waals surface area contributed by atoms with E-state index in [4.69, 9.17) is 4.74 Å². The van der Waals surface area contributed by atoms with Crippen LogP contribution < -0.4 is 4.74 Å². The van der Waals surface area contributed by atoms with Gasteiger partial charge in [-0.25, -0.2) is 0 Å². The topological polar surface area (TPSA) is 49.8 Å². The summed E-state index contributed by atoms with van der Waals surface area (Å²) in [6.07, 6.45) is 0.575. The summed E-state index contributed by atoms with van der Waals surface area (Å²) >= 11 is 0. The Hall–Kier alpha value is -2.85. The van der Waals surface area contributed by atoms with Gasteiger partial charge < -0.3 is 14.7 Å². The van der Waals surface area contributed by atoms with Crippen LogP contribution in [0.1, 0.15) is 30.6 Å². The molecular weight excluding hydrogens is 350 g/mol. The Balaban J connectivity index is 1.82. The average Bonchev–Trinajstić information content (AvgIpc) is 2.66. The maximum Gasteiger partial charge on any atom is 0.253 e. The molecule has 3 rings (SSSR count). The van der Waals surface area contributed by atoms with Crippen molar-refractivity contribution < 1.29 is 14.6 Å². The third-order valence-electron chi connectivity index (χ3n) is 4.64. The lowest BCUT2D eigenvalue weighted by Crippen LogP contribution is -2.21. The number of amides is 1. The molecule has 0 atom stereocenters. The predicted molar refractivity (Wildman–Crippen MR) is 114 cm³/mol. The SMILES string of the molecule is CN(C)C(=O)c1cccc(-c2ccc3cc(OCCC(C)(C)O)ccc3c2)c1. The van der Waals surface area contributed by atoms with Crippen LogP contribution in [0.2, 0.25) is 0 Å². The van der Waals surface area contributed by atoms with Gasteiger partial charge in [0.05, 0.1) is 12.2 Å². The lowest BCUT2D eigenvalue weighted by molar-refractivity contribution is 0.0553. The normalized spacial score (nSPS) is 11.5. The van der Waals surface area contributed by atoms with E-state index in [-0.39, 0.29) is 5.91 Å². The summed E-state index contributed by atoms with van der Waals surface area (Å²) in [6, 6.07) is 19.9. The molecular formula is C24H27NO3. The van der Waals surface area contributed by atoms with Gasteiger partial charge in [-0.1, -0.05) is 30.3 Å². The molecule has 0 fully saturated rings. The quantitative estimate of drug-likeness (QED) is 0.674. The number of nitrogens with zero attached hydrogens (tertiary/aromatic N) is 1. The van der Waals surface area contributed by atoms with Crippen molar-refractivity contribution in [2.75, 3.05) is 20.7 Å². The highest BCUT2D eigenvalue weighted by Gasteiger charge is 2.12. The van der Waals surface area contributed by atoms with E-state index in [1.54, 1.807) is 32.8 Å². The number of aliphatic hydroxyl groups is 1. The van der Waals surface area contributed by atoms with Gasteiger partial charge in [-0.3, -0.25) is 4.79 Å². The molecule has 0 unspecified atom stereocenters. The Labute approximate surface area is 166 Å². The summed E-state index contributed by atoms with van der Waals surface area (Å²) in [5.74, 6) is 0.790. The number of carbonyl (C=O) groups excluding carboxylic acids is 1. The standard InChI is InChI=1S/C24H27NO3/c1-24(2,27)12-13-28-22-11-10-19-14-18(8-9-20(19)16-22)17-6-5-7-21(15-17)23(26)25(3)4/h5-11,14-16,27H,12-13H2,1-4H3. The van der Waals surface area contributed by atoms with E-state index in [2.05, 4.69) is 18.2 Å². The summed E-state index contributed by atoms with van der Waals surface area (Å²) in [7, 11) is 3.51. The van der Waals surface area contributed by atoms with Crippen LogP contribution in [-0.4, -0.2) is 42.2 Å². The second-order valence-corrected chi connectivity index (χ2v) is 7.92. The van der Waals surface area contributed by atoms with Gasteiger partial charge in [0.15, 0.2) is 0 Å². The zero-order chi connectivity index (χ0) is 20.3. The molecule has 1 N–H and O–H groups in total. The maximum absolute atomic E-state index is 12.2. The fraction of sp³-hybridized carbons (Fsp3) is 0.292.